The Hall–Kier alpha value is -0.943. The highest BCUT2D eigenvalue weighted by Crippen LogP contribution is 2.14. The van der Waals surface area contributed by atoms with Crippen LogP contribution in [0.25, 0.3) is 6.08 Å². The van der Waals surface area contributed by atoms with Crippen LogP contribution in [0.5, 0.6) is 0 Å². The Kier molecular flexibility index (Phi) is 6.28. The van der Waals surface area contributed by atoms with Gasteiger partial charge in [-0.1, -0.05) is 43.8 Å². The predicted molar refractivity (Wildman–Crippen MR) is 76.4 cm³/mol. The highest BCUT2D eigenvalue weighted by Gasteiger charge is 2.36. The number of hydrogen-bond donors (Lipinski definition) is 0. The summed E-state index contributed by atoms with van der Waals surface area (Å²) in [5.41, 5.74) is 2.37. The Labute approximate surface area is 111 Å². The Morgan fingerprint density at radius 1 is 1.17 bits per heavy atom. The second-order valence-electron chi connectivity index (χ2n) is 3.99. The lowest BCUT2D eigenvalue weighted by Crippen LogP contribution is -2.43. The third kappa shape index (κ3) is 4.06. The zero-order valence-corrected chi connectivity index (χ0v) is 12.4. The molecule has 0 aliphatic carbocycles. The van der Waals surface area contributed by atoms with Gasteiger partial charge in [0.15, 0.2) is 0 Å². The van der Waals surface area contributed by atoms with E-state index in [2.05, 4.69) is 30.8 Å². The van der Waals surface area contributed by atoms with E-state index < -0.39 is 8.80 Å². The molecule has 1 aromatic carbocycles. The molecule has 0 saturated heterocycles. The maximum atomic E-state index is 5.81. The Bertz CT molecular complexity index is 350. The normalized spacial score (nSPS) is 11.5. The van der Waals surface area contributed by atoms with Crippen molar-refractivity contribution >= 4 is 14.9 Å². The molecular formula is C14H22O3Si. The van der Waals surface area contributed by atoms with Gasteiger partial charge in [-0.05, 0) is 17.5 Å². The SMILES string of the molecule is C=Cc1ccc(CCO[Si](CC)(OC)OC)cc1. The van der Waals surface area contributed by atoms with Crippen molar-refractivity contribution in [2.24, 2.45) is 0 Å². The lowest BCUT2D eigenvalue weighted by Gasteiger charge is -2.24. The molecule has 4 heteroatoms. The van der Waals surface area contributed by atoms with E-state index in [9.17, 15) is 0 Å². The summed E-state index contributed by atoms with van der Waals surface area (Å²) in [5.74, 6) is 0. The van der Waals surface area contributed by atoms with Gasteiger partial charge in [-0.3, -0.25) is 0 Å². The van der Waals surface area contributed by atoms with Crippen molar-refractivity contribution in [2.45, 2.75) is 19.4 Å². The van der Waals surface area contributed by atoms with Crippen LogP contribution in [0.1, 0.15) is 18.1 Å². The van der Waals surface area contributed by atoms with Crippen molar-refractivity contribution < 1.29 is 13.3 Å². The maximum absolute atomic E-state index is 5.81. The second kappa shape index (κ2) is 7.48. The lowest BCUT2D eigenvalue weighted by molar-refractivity contribution is 0.101. The van der Waals surface area contributed by atoms with Crippen LogP contribution in [0.15, 0.2) is 30.8 Å². The zero-order valence-electron chi connectivity index (χ0n) is 11.4. The minimum Gasteiger partial charge on any atom is -0.377 e. The first kappa shape index (κ1) is 15.1. The van der Waals surface area contributed by atoms with Gasteiger partial charge in [-0.25, -0.2) is 0 Å². The van der Waals surface area contributed by atoms with Gasteiger partial charge in [-0.2, -0.15) is 0 Å². The number of rotatable bonds is 8. The molecule has 0 aromatic heterocycles. The number of benzene rings is 1. The molecule has 0 amide bonds. The Morgan fingerprint density at radius 3 is 2.22 bits per heavy atom. The van der Waals surface area contributed by atoms with Gasteiger partial charge in [0.25, 0.3) is 0 Å². The molecule has 0 bridgehead atoms. The molecule has 0 saturated carbocycles. The maximum Gasteiger partial charge on any atom is 0.500 e. The van der Waals surface area contributed by atoms with Gasteiger partial charge < -0.3 is 13.3 Å². The summed E-state index contributed by atoms with van der Waals surface area (Å²) in [6.07, 6.45) is 2.70. The van der Waals surface area contributed by atoms with Crippen LogP contribution in [0.3, 0.4) is 0 Å². The van der Waals surface area contributed by atoms with Gasteiger partial charge in [0, 0.05) is 26.9 Å². The van der Waals surface area contributed by atoms with E-state index in [1.807, 2.05) is 13.0 Å². The van der Waals surface area contributed by atoms with Crippen LogP contribution in [-0.4, -0.2) is 29.6 Å². The molecule has 1 aromatic rings. The van der Waals surface area contributed by atoms with Gasteiger partial charge >= 0.3 is 8.80 Å². The van der Waals surface area contributed by atoms with E-state index in [1.54, 1.807) is 14.2 Å². The van der Waals surface area contributed by atoms with Crippen LogP contribution < -0.4 is 0 Å². The first-order valence-corrected chi connectivity index (χ1v) is 8.08. The third-order valence-electron chi connectivity index (χ3n) is 2.98. The highest BCUT2D eigenvalue weighted by atomic mass is 28.4. The summed E-state index contributed by atoms with van der Waals surface area (Å²) >= 11 is 0. The van der Waals surface area contributed by atoms with Crippen molar-refractivity contribution in [3.63, 3.8) is 0 Å². The molecular weight excluding hydrogens is 244 g/mol. The molecule has 0 N–H and O–H groups in total. The van der Waals surface area contributed by atoms with Crippen molar-refractivity contribution in [3.05, 3.63) is 42.0 Å². The fourth-order valence-electron chi connectivity index (χ4n) is 1.74. The summed E-state index contributed by atoms with van der Waals surface area (Å²) in [6, 6.07) is 9.08. The van der Waals surface area contributed by atoms with Gasteiger partial charge in [0.05, 0.1) is 0 Å². The standard InChI is InChI=1S/C14H22O3Si/c1-5-13-7-9-14(10-8-13)11-12-17-18(6-2,15-3)16-4/h5,7-10H,1,6,11-12H2,2-4H3. The molecule has 0 atom stereocenters. The molecule has 0 fully saturated rings. The monoisotopic (exact) mass is 266 g/mol. The summed E-state index contributed by atoms with van der Waals surface area (Å²) in [4.78, 5) is 0. The minimum atomic E-state index is -2.41. The summed E-state index contributed by atoms with van der Waals surface area (Å²) in [6.45, 7) is 6.38. The van der Waals surface area contributed by atoms with E-state index in [4.69, 9.17) is 13.3 Å². The molecule has 0 aliphatic rings. The molecule has 0 heterocycles. The smallest absolute Gasteiger partial charge is 0.377 e. The third-order valence-corrected chi connectivity index (χ3v) is 5.74. The van der Waals surface area contributed by atoms with Gasteiger partial charge in [0.2, 0.25) is 0 Å². The van der Waals surface area contributed by atoms with E-state index in [-0.39, 0.29) is 0 Å². The summed E-state index contributed by atoms with van der Waals surface area (Å²) in [7, 11) is 0.897. The molecule has 1 rings (SSSR count). The lowest BCUT2D eigenvalue weighted by atomic mass is 10.1. The molecule has 3 nitrogen and oxygen atoms in total. The first-order valence-electron chi connectivity index (χ1n) is 6.15. The molecule has 0 spiro atoms. The quantitative estimate of drug-likeness (QED) is 0.677. The van der Waals surface area contributed by atoms with Crippen molar-refractivity contribution in [1.82, 2.24) is 0 Å². The van der Waals surface area contributed by atoms with E-state index >= 15 is 0 Å². The van der Waals surface area contributed by atoms with Crippen molar-refractivity contribution in [2.75, 3.05) is 20.8 Å². The fourth-order valence-corrected chi connectivity index (χ4v) is 3.33. The molecule has 18 heavy (non-hydrogen) atoms. The number of hydrogen-bond acceptors (Lipinski definition) is 3. The largest absolute Gasteiger partial charge is 0.500 e. The van der Waals surface area contributed by atoms with Crippen LogP contribution in [0.2, 0.25) is 6.04 Å². The van der Waals surface area contributed by atoms with Crippen LogP contribution in [0.4, 0.5) is 0 Å². The van der Waals surface area contributed by atoms with Crippen molar-refractivity contribution in [3.8, 4) is 0 Å². The first-order chi connectivity index (χ1) is 8.69. The van der Waals surface area contributed by atoms with Crippen LogP contribution in [0, 0.1) is 0 Å². The molecule has 0 radical (unpaired) electrons. The van der Waals surface area contributed by atoms with E-state index in [0.717, 1.165) is 18.0 Å². The summed E-state index contributed by atoms with van der Waals surface area (Å²) < 4.78 is 16.6. The molecule has 0 aliphatic heterocycles. The van der Waals surface area contributed by atoms with Crippen LogP contribution >= 0.6 is 0 Å². The topological polar surface area (TPSA) is 27.7 Å². The van der Waals surface area contributed by atoms with Crippen molar-refractivity contribution in [1.29, 1.82) is 0 Å². The highest BCUT2D eigenvalue weighted by molar-refractivity contribution is 6.60. The average molecular weight is 266 g/mol. The predicted octanol–water partition coefficient (Wildman–Crippen LogP) is 3.14. The Balaban J connectivity index is 2.47. The zero-order chi connectivity index (χ0) is 13.4. The minimum absolute atomic E-state index is 0.620. The van der Waals surface area contributed by atoms with E-state index in [1.165, 1.54) is 5.56 Å². The second-order valence-corrected chi connectivity index (χ2v) is 7.17. The van der Waals surface area contributed by atoms with Crippen LogP contribution in [-0.2, 0) is 19.7 Å². The summed E-state index contributed by atoms with van der Waals surface area (Å²) in [5, 5.41) is 0. The molecule has 0 unspecified atom stereocenters. The van der Waals surface area contributed by atoms with Gasteiger partial charge in [-0.15, -0.1) is 0 Å². The average Bonchev–Trinajstić information content (AvgIpc) is 2.45. The fraction of sp³-hybridized carbons (Fsp3) is 0.429. The Morgan fingerprint density at radius 2 is 1.78 bits per heavy atom. The van der Waals surface area contributed by atoms with Gasteiger partial charge in [0.1, 0.15) is 0 Å². The molecule has 100 valence electrons. The van der Waals surface area contributed by atoms with E-state index in [0.29, 0.717) is 6.61 Å².